The van der Waals surface area contributed by atoms with Crippen molar-refractivity contribution in [2.45, 2.75) is 40.7 Å². The average Bonchev–Trinajstić information content (AvgIpc) is 3.37. The molecule has 41 heavy (non-hydrogen) atoms. The van der Waals surface area contributed by atoms with Crippen molar-refractivity contribution < 1.29 is 13.9 Å². The number of ether oxygens (including phenoxy) is 1. The number of benzene rings is 3. The van der Waals surface area contributed by atoms with Crippen molar-refractivity contribution in [3.05, 3.63) is 102 Å². The molecule has 0 radical (unpaired) electrons. The summed E-state index contributed by atoms with van der Waals surface area (Å²) in [5, 5.41) is 1.07. The third kappa shape index (κ3) is 6.09. The van der Waals surface area contributed by atoms with E-state index in [2.05, 4.69) is 36.1 Å². The minimum absolute atomic E-state index is 0.0108. The molecular weight excluding hydrogens is 512 g/mol. The molecule has 0 bridgehead atoms. The molecule has 1 atom stereocenters. The van der Waals surface area contributed by atoms with Gasteiger partial charge in [-0.05, 0) is 88.2 Å². The number of likely N-dealkylation sites (N-methyl/N-ethyl adjacent to an activating group) is 1. The molecule has 0 aliphatic rings. The van der Waals surface area contributed by atoms with Gasteiger partial charge in [0.25, 0.3) is 5.91 Å². The topological polar surface area (TPSA) is 71.7 Å². The van der Waals surface area contributed by atoms with Gasteiger partial charge in [0.1, 0.15) is 23.0 Å². The highest BCUT2D eigenvalue weighted by Crippen LogP contribution is 2.37. The second kappa shape index (κ2) is 12.3. The molecule has 1 amide bonds. The number of aromatic nitrogens is 2. The number of furan rings is 1. The lowest BCUT2D eigenvalue weighted by molar-refractivity contribution is -0.132. The Morgan fingerprint density at radius 3 is 2.46 bits per heavy atom. The van der Waals surface area contributed by atoms with Gasteiger partial charge in [-0.2, -0.15) is 0 Å². The van der Waals surface area contributed by atoms with Crippen LogP contribution in [0.1, 0.15) is 43.8 Å². The first-order valence-electron chi connectivity index (χ1n) is 14.1. The largest absolute Gasteiger partial charge is 0.484 e. The van der Waals surface area contributed by atoms with Crippen LogP contribution in [0.15, 0.2) is 89.5 Å². The summed E-state index contributed by atoms with van der Waals surface area (Å²) < 4.78 is 11.6. The molecule has 0 aliphatic heterocycles. The summed E-state index contributed by atoms with van der Waals surface area (Å²) in [5.41, 5.74) is 5.84. The third-order valence-corrected chi connectivity index (χ3v) is 7.37. The van der Waals surface area contributed by atoms with Gasteiger partial charge in [-0.25, -0.2) is 9.97 Å². The summed E-state index contributed by atoms with van der Waals surface area (Å²) in [4.78, 5) is 26.2. The van der Waals surface area contributed by atoms with Gasteiger partial charge in [-0.15, -0.1) is 0 Å². The molecule has 5 aromatic rings. The first-order chi connectivity index (χ1) is 19.9. The summed E-state index contributed by atoms with van der Waals surface area (Å²) in [6, 6.07) is 26.2. The molecule has 0 spiro atoms. The molecule has 0 saturated heterocycles. The van der Waals surface area contributed by atoms with E-state index in [9.17, 15) is 4.79 Å². The van der Waals surface area contributed by atoms with Gasteiger partial charge < -0.3 is 19.0 Å². The lowest BCUT2D eigenvalue weighted by Gasteiger charge is -2.31. The molecule has 0 N–H and O–H groups in total. The number of carbonyl (C=O) groups excluding carboxylic acids is 1. The smallest absolute Gasteiger partial charge is 0.260 e. The molecule has 1 unspecified atom stereocenters. The van der Waals surface area contributed by atoms with Gasteiger partial charge in [-0.3, -0.25) is 4.79 Å². The summed E-state index contributed by atoms with van der Waals surface area (Å²) in [6.45, 7) is 11.4. The molecule has 0 aliphatic carbocycles. The Morgan fingerprint density at radius 2 is 1.71 bits per heavy atom. The number of rotatable bonds is 10. The molecule has 7 heteroatoms. The standard InChI is InChI=1S/C34H36N4O3/c1-6-37(7-2)34(39)22-40-29-15-11-12-26(18-29)24(4)38(28-13-9-8-10-14-28)33-20-31(35-25(5)36-33)27-16-17-32-30(19-27)23(3)21-41-32/h8-21,24H,6-7,22H2,1-5H3. The van der Waals surface area contributed by atoms with Crippen LogP contribution in [0, 0.1) is 13.8 Å². The number of anilines is 2. The van der Waals surface area contributed by atoms with Gasteiger partial charge in [0.2, 0.25) is 0 Å². The number of para-hydroxylation sites is 1. The molecular formula is C34H36N4O3. The molecule has 0 saturated carbocycles. The van der Waals surface area contributed by atoms with Crippen LogP contribution >= 0.6 is 0 Å². The number of hydrogen-bond acceptors (Lipinski definition) is 6. The fourth-order valence-electron chi connectivity index (χ4n) is 5.11. The molecule has 3 aromatic carbocycles. The summed E-state index contributed by atoms with van der Waals surface area (Å²) >= 11 is 0. The Bertz CT molecular complexity index is 1640. The van der Waals surface area contributed by atoms with E-state index in [0.29, 0.717) is 24.7 Å². The zero-order valence-electron chi connectivity index (χ0n) is 24.3. The van der Waals surface area contributed by atoms with Crippen LogP contribution in [0.5, 0.6) is 5.75 Å². The Morgan fingerprint density at radius 1 is 0.927 bits per heavy atom. The number of nitrogens with zero attached hydrogens (tertiary/aromatic N) is 4. The molecule has 0 fully saturated rings. The molecule has 210 valence electrons. The maximum atomic E-state index is 12.5. The Labute approximate surface area is 241 Å². The monoisotopic (exact) mass is 548 g/mol. The first-order valence-corrected chi connectivity index (χ1v) is 14.1. The lowest BCUT2D eigenvalue weighted by atomic mass is 10.0. The van der Waals surface area contributed by atoms with Crippen LogP contribution in [0.4, 0.5) is 11.5 Å². The molecule has 2 heterocycles. The van der Waals surface area contributed by atoms with E-state index in [-0.39, 0.29) is 18.6 Å². The van der Waals surface area contributed by atoms with Crippen molar-refractivity contribution in [2.24, 2.45) is 0 Å². The molecule has 2 aromatic heterocycles. The lowest BCUT2D eigenvalue weighted by Crippen LogP contribution is -2.34. The summed E-state index contributed by atoms with van der Waals surface area (Å²) in [6.07, 6.45) is 1.78. The summed E-state index contributed by atoms with van der Waals surface area (Å²) in [7, 11) is 0. The van der Waals surface area contributed by atoms with Gasteiger partial charge in [0, 0.05) is 35.8 Å². The normalized spacial score (nSPS) is 11.8. The van der Waals surface area contributed by atoms with E-state index >= 15 is 0 Å². The minimum Gasteiger partial charge on any atom is -0.484 e. The SMILES string of the molecule is CCN(CC)C(=O)COc1cccc(C(C)N(c2ccccc2)c2cc(-c3ccc4occ(C)c4c3)nc(C)n2)c1. The minimum atomic E-state index is -0.0971. The van der Waals surface area contributed by atoms with Crippen molar-refractivity contribution in [3.8, 4) is 17.0 Å². The number of fused-ring (bicyclic) bond motifs is 1. The van der Waals surface area contributed by atoms with Crippen LogP contribution in [0.3, 0.4) is 0 Å². The maximum absolute atomic E-state index is 12.5. The average molecular weight is 549 g/mol. The number of amides is 1. The highest BCUT2D eigenvalue weighted by atomic mass is 16.5. The fourth-order valence-corrected chi connectivity index (χ4v) is 5.11. The summed E-state index contributed by atoms with van der Waals surface area (Å²) in [5.74, 6) is 2.11. The Balaban J connectivity index is 1.50. The van der Waals surface area contributed by atoms with Crippen LogP contribution in [-0.4, -0.2) is 40.5 Å². The second-order valence-electron chi connectivity index (χ2n) is 10.1. The maximum Gasteiger partial charge on any atom is 0.260 e. The van der Waals surface area contributed by atoms with Crippen LogP contribution in [0.2, 0.25) is 0 Å². The highest BCUT2D eigenvalue weighted by molar-refractivity contribution is 5.86. The predicted octanol–water partition coefficient (Wildman–Crippen LogP) is 7.65. The van der Waals surface area contributed by atoms with E-state index in [4.69, 9.17) is 19.1 Å². The van der Waals surface area contributed by atoms with E-state index < -0.39 is 0 Å². The Hall–Kier alpha value is -4.65. The van der Waals surface area contributed by atoms with E-state index in [0.717, 1.165) is 44.9 Å². The number of aryl methyl sites for hydroxylation is 2. The van der Waals surface area contributed by atoms with E-state index in [1.165, 1.54) is 0 Å². The first kappa shape index (κ1) is 27.9. The van der Waals surface area contributed by atoms with Crippen molar-refractivity contribution in [3.63, 3.8) is 0 Å². The number of hydrogen-bond donors (Lipinski definition) is 0. The van der Waals surface area contributed by atoms with Crippen LogP contribution in [0.25, 0.3) is 22.2 Å². The van der Waals surface area contributed by atoms with Crippen molar-refractivity contribution in [2.75, 3.05) is 24.6 Å². The van der Waals surface area contributed by atoms with E-state index in [1.54, 1.807) is 11.2 Å². The van der Waals surface area contributed by atoms with Crippen molar-refractivity contribution in [1.29, 1.82) is 0 Å². The van der Waals surface area contributed by atoms with E-state index in [1.807, 2.05) is 82.3 Å². The van der Waals surface area contributed by atoms with Gasteiger partial charge >= 0.3 is 0 Å². The Kier molecular flexibility index (Phi) is 8.34. The zero-order valence-corrected chi connectivity index (χ0v) is 24.3. The van der Waals surface area contributed by atoms with Gasteiger partial charge in [-0.1, -0.05) is 30.3 Å². The second-order valence-corrected chi connectivity index (χ2v) is 10.1. The highest BCUT2D eigenvalue weighted by Gasteiger charge is 2.22. The van der Waals surface area contributed by atoms with Crippen LogP contribution in [-0.2, 0) is 4.79 Å². The molecule has 7 nitrogen and oxygen atoms in total. The van der Waals surface area contributed by atoms with Crippen LogP contribution < -0.4 is 9.64 Å². The van der Waals surface area contributed by atoms with Gasteiger partial charge in [0.15, 0.2) is 6.61 Å². The number of carbonyl (C=O) groups is 1. The van der Waals surface area contributed by atoms with Gasteiger partial charge in [0.05, 0.1) is 18.0 Å². The molecule has 5 rings (SSSR count). The quantitative estimate of drug-likeness (QED) is 0.178. The van der Waals surface area contributed by atoms with Crippen molar-refractivity contribution >= 4 is 28.4 Å². The predicted molar refractivity (Wildman–Crippen MR) is 164 cm³/mol. The zero-order chi connectivity index (χ0) is 28.9. The fraction of sp³-hybridized carbons (Fsp3) is 0.265. The third-order valence-electron chi connectivity index (χ3n) is 7.37. The van der Waals surface area contributed by atoms with Crippen molar-refractivity contribution in [1.82, 2.24) is 14.9 Å².